The molecular weight excluding hydrogens is 335 g/mol. The predicted octanol–water partition coefficient (Wildman–Crippen LogP) is 1.52. The van der Waals surface area contributed by atoms with Gasteiger partial charge in [0.2, 0.25) is 15.9 Å². The molecule has 0 aromatic carbocycles. The van der Waals surface area contributed by atoms with Gasteiger partial charge in [0.05, 0.1) is 6.20 Å². The normalized spacial score (nSPS) is 20.4. The molecular formula is C13H18F3N3O3S. The van der Waals surface area contributed by atoms with Gasteiger partial charge in [0.1, 0.15) is 4.90 Å². The molecule has 2 rings (SSSR count). The first kappa shape index (κ1) is 18.0. The molecule has 0 spiro atoms. The lowest BCUT2D eigenvalue weighted by Crippen LogP contribution is -2.47. The van der Waals surface area contributed by atoms with Crippen LogP contribution in [0.15, 0.2) is 23.2 Å². The van der Waals surface area contributed by atoms with E-state index >= 15 is 0 Å². The van der Waals surface area contributed by atoms with Crippen LogP contribution in [-0.4, -0.2) is 49.6 Å². The Labute approximate surface area is 132 Å². The highest BCUT2D eigenvalue weighted by Crippen LogP contribution is 2.25. The molecule has 1 atom stereocenters. The summed E-state index contributed by atoms with van der Waals surface area (Å²) in [6.07, 6.45) is -1.12. The van der Waals surface area contributed by atoms with Crippen molar-refractivity contribution in [2.24, 2.45) is 5.73 Å². The number of aromatic nitrogens is 1. The first-order chi connectivity index (χ1) is 10.7. The molecule has 1 aromatic rings. The molecule has 130 valence electrons. The number of nitrogens with two attached hydrogens (primary N) is 1. The van der Waals surface area contributed by atoms with Crippen LogP contribution in [0.4, 0.5) is 13.2 Å². The zero-order valence-electron chi connectivity index (χ0n) is 12.3. The monoisotopic (exact) mass is 353 g/mol. The highest BCUT2D eigenvalue weighted by Gasteiger charge is 2.33. The van der Waals surface area contributed by atoms with Gasteiger partial charge in [0.25, 0.3) is 0 Å². The van der Waals surface area contributed by atoms with Crippen LogP contribution < -0.4 is 10.5 Å². The molecule has 23 heavy (non-hydrogen) atoms. The smallest absolute Gasteiger partial charge is 0.422 e. The standard InChI is InChI=1S/C13H18F3N3O3S/c14-13(15,16)9-22-12-5-4-11(8-18-12)23(20,21)19-6-2-1-3-10(19)7-17/h4-5,8,10H,1-3,6-7,9,17H2/t10-/m0/s1. The third kappa shape index (κ3) is 4.55. The number of alkyl halides is 3. The zero-order chi connectivity index (χ0) is 17.1. The van der Waals surface area contributed by atoms with Crippen molar-refractivity contribution in [1.29, 1.82) is 0 Å². The minimum absolute atomic E-state index is 0.0859. The van der Waals surface area contributed by atoms with Gasteiger partial charge < -0.3 is 10.5 Å². The summed E-state index contributed by atoms with van der Waals surface area (Å²) in [5.74, 6) is -0.282. The van der Waals surface area contributed by atoms with Crippen molar-refractivity contribution in [2.75, 3.05) is 19.7 Å². The first-order valence-electron chi connectivity index (χ1n) is 7.11. The molecule has 6 nitrogen and oxygen atoms in total. The third-order valence-corrected chi connectivity index (χ3v) is 5.48. The summed E-state index contributed by atoms with van der Waals surface area (Å²) in [6.45, 7) is -0.885. The van der Waals surface area contributed by atoms with Crippen LogP contribution in [0.5, 0.6) is 5.88 Å². The lowest BCUT2D eigenvalue weighted by molar-refractivity contribution is -0.154. The van der Waals surface area contributed by atoms with E-state index in [4.69, 9.17) is 5.73 Å². The molecule has 0 amide bonds. The summed E-state index contributed by atoms with van der Waals surface area (Å²) >= 11 is 0. The van der Waals surface area contributed by atoms with E-state index in [0.29, 0.717) is 13.0 Å². The van der Waals surface area contributed by atoms with Gasteiger partial charge >= 0.3 is 6.18 Å². The number of hydrogen-bond donors (Lipinski definition) is 1. The fourth-order valence-corrected chi connectivity index (χ4v) is 4.07. The average molecular weight is 353 g/mol. The van der Waals surface area contributed by atoms with Crippen LogP contribution >= 0.6 is 0 Å². The van der Waals surface area contributed by atoms with E-state index in [1.807, 2.05) is 0 Å². The number of ether oxygens (including phenoxy) is 1. The fraction of sp³-hybridized carbons (Fsp3) is 0.615. The molecule has 1 aliphatic heterocycles. The van der Waals surface area contributed by atoms with Crippen LogP contribution in [0.1, 0.15) is 19.3 Å². The van der Waals surface area contributed by atoms with Crippen molar-refractivity contribution in [2.45, 2.75) is 36.4 Å². The molecule has 0 saturated carbocycles. The quantitative estimate of drug-likeness (QED) is 0.868. The maximum absolute atomic E-state index is 12.6. The number of hydrogen-bond acceptors (Lipinski definition) is 5. The third-order valence-electron chi connectivity index (χ3n) is 3.54. The van der Waals surface area contributed by atoms with Crippen molar-refractivity contribution in [3.63, 3.8) is 0 Å². The van der Waals surface area contributed by atoms with E-state index < -0.39 is 22.8 Å². The Morgan fingerprint density at radius 1 is 1.35 bits per heavy atom. The van der Waals surface area contributed by atoms with E-state index in [2.05, 4.69) is 9.72 Å². The van der Waals surface area contributed by atoms with Crippen LogP contribution in [0.2, 0.25) is 0 Å². The summed E-state index contributed by atoms with van der Waals surface area (Å²) in [6, 6.07) is 2.03. The SMILES string of the molecule is NC[C@@H]1CCCCN1S(=O)(=O)c1ccc(OCC(F)(F)F)nc1. The van der Waals surface area contributed by atoms with Gasteiger partial charge in [-0.3, -0.25) is 0 Å². The Bertz CT molecular complexity index is 620. The number of halogens is 3. The van der Waals surface area contributed by atoms with Crippen LogP contribution in [0.25, 0.3) is 0 Å². The molecule has 0 aliphatic carbocycles. The summed E-state index contributed by atoms with van der Waals surface area (Å²) in [5.41, 5.74) is 5.62. The van der Waals surface area contributed by atoms with Crippen LogP contribution in [0, 0.1) is 0 Å². The lowest BCUT2D eigenvalue weighted by atomic mass is 10.1. The topological polar surface area (TPSA) is 85.5 Å². The molecule has 0 radical (unpaired) electrons. The van der Waals surface area contributed by atoms with E-state index in [-0.39, 0.29) is 23.4 Å². The number of rotatable bonds is 5. The van der Waals surface area contributed by atoms with Crippen molar-refractivity contribution < 1.29 is 26.3 Å². The highest BCUT2D eigenvalue weighted by atomic mass is 32.2. The van der Waals surface area contributed by atoms with Gasteiger partial charge in [-0.05, 0) is 18.9 Å². The lowest BCUT2D eigenvalue weighted by Gasteiger charge is -2.33. The maximum Gasteiger partial charge on any atom is 0.422 e. The summed E-state index contributed by atoms with van der Waals surface area (Å²) in [5, 5.41) is 0. The van der Waals surface area contributed by atoms with Gasteiger partial charge in [0.15, 0.2) is 6.61 Å². The number of sulfonamides is 1. The zero-order valence-corrected chi connectivity index (χ0v) is 13.1. The second-order valence-electron chi connectivity index (χ2n) is 5.24. The maximum atomic E-state index is 12.6. The highest BCUT2D eigenvalue weighted by molar-refractivity contribution is 7.89. The predicted molar refractivity (Wildman–Crippen MR) is 76.4 cm³/mol. The van der Waals surface area contributed by atoms with Gasteiger partial charge in [-0.1, -0.05) is 6.42 Å². The molecule has 2 heterocycles. The average Bonchev–Trinajstić information content (AvgIpc) is 2.52. The summed E-state index contributed by atoms with van der Waals surface area (Å²) < 4.78 is 67.2. The van der Waals surface area contributed by atoms with Crippen molar-refractivity contribution in [3.05, 3.63) is 18.3 Å². The Kier molecular flexibility index (Phi) is 5.48. The van der Waals surface area contributed by atoms with E-state index in [1.165, 1.54) is 10.4 Å². The van der Waals surface area contributed by atoms with Crippen molar-refractivity contribution in [1.82, 2.24) is 9.29 Å². The van der Waals surface area contributed by atoms with Crippen molar-refractivity contribution >= 4 is 10.0 Å². The summed E-state index contributed by atoms with van der Waals surface area (Å²) in [4.78, 5) is 3.55. The molecule has 0 unspecified atom stereocenters. The van der Waals surface area contributed by atoms with E-state index in [9.17, 15) is 21.6 Å². The molecule has 1 fully saturated rings. The van der Waals surface area contributed by atoms with E-state index in [0.717, 1.165) is 25.1 Å². The Morgan fingerprint density at radius 2 is 2.09 bits per heavy atom. The second kappa shape index (κ2) is 7.02. The van der Waals surface area contributed by atoms with Crippen LogP contribution in [0.3, 0.4) is 0 Å². The number of nitrogens with zero attached hydrogens (tertiary/aromatic N) is 2. The molecule has 1 saturated heterocycles. The molecule has 2 N–H and O–H groups in total. The molecule has 10 heteroatoms. The molecule has 0 bridgehead atoms. The minimum atomic E-state index is -4.48. The fourth-order valence-electron chi connectivity index (χ4n) is 2.42. The van der Waals surface area contributed by atoms with Gasteiger partial charge in [-0.15, -0.1) is 0 Å². The van der Waals surface area contributed by atoms with Gasteiger partial charge in [-0.2, -0.15) is 17.5 Å². The second-order valence-corrected chi connectivity index (χ2v) is 7.13. The summed E-state index contributed by atoms with van der Waals surface area (Å²) in [7, 11) is -3.77. The minimum Gasteiger partial charge on any atom is -0.468 e. The van der Waals surface area contributed by atoms with Crippen LogP contribution in [-0.2, 0) is 10.0 Å². The van der Waals surface area contributed by atoms with Gasteiger partial charge in [-0.25, -0.2) is 13.4 Å². The van der Waals surface area contributed by atoms with Gasteiger partial charge in [0, 0.05) is 25.2 Å². The van der Waals surface area contributed by atoms with E-state index in [1.54, 1.807) is 0 Å². The molecule has 1 aromatic heterocycles. The largest absolute Gasteiger partial charge is 0.468 e. The van der Waals surface area contributed by atoms with Crippen molar-refractivity contribution in [3.8, 4) is 5.88 Å². The number of piperidine rings is 1. The Hall–Kier alpha value is -1.39. The Morgan fingerprint density at radius 3 is 2.65 bits per heavy atom. The first-order valence-corrected chi connectivity index (χ1v) is 8.55. The molecule has 1 aliphatic rings. The Balaban J connectivity index is 2.14. The number of pyridine rings is 1.